The molecule has 3 rings (SSSR count). The van der Waals surface area contributed by atoms with Crippen LogP contribution in [-0.4, -0.2) is 42.0 Å². The molecule has 0 atom stereocenters. The predicted molar refractivity (Wildman–Crippen MR) is 116 cm³/mol. The minimum Gasteiger partial charge on any atom is -0.350 e. The molecule has 0 radical (unpaired) electrons. The fourth-order valence-corrected chi connectivity index (χ4v) is 4.94. The molecule has 1 fully saturated rings. The van der Waals surface area contributed by atoms with Crippen LogP contribution in [0.25, 0.3) is 0 Å². The highest BCUT2D eigenvalue weighted by atomic mass is 32.2. The second-order valence-corrected chi connectivity index (χ2v) is 9.12. The van der Waals surface area contributed by atoms with E-state index < -0.39 is 0 Å². The van der Waals surface area contributed by atoms with Crippen molar-refractivity contribution in [1.29, 1.82) is 0 Å². The third-order valence-electron chi connectivity index (χ3n) is 5.86. The van der Waals surface area contributed by atoms with E-state index in [1.165, 1.54) is 30.4 Å². The van der Waals surface area contributed by atoms with Crippen molar-refractivity contribution < 1.29 is 4.79 Å². The van der Waals surface area contributed by atoms with Gasteiger partial charge in [0.15, 0.2) is 0 Å². The number of pyridine rings is 1. The molecule has 1 saturated carbocycles. The first kappa shape index (κ1) is 20.9. The lowest BCUT2D eigenvalue weighted by atomic mass is 9.80. The van der Waals surface area contributed by atoms with Crippen LogP contribution in [0, 0.1) is 13.8 Å². The minimum absolute atomic E-state index is 0.0350. The lowest BCUT2D eigenvalue weighted by Gasteiger charge is -2.43. The van der Waals surface area contributed by atoms with E-state index in [1.807, 2.05) is 12.1 Å². The first-order chi connectivity index (χ1) is 13.4. The van der Waals surface area contributed by atoms with Crippen molar-refractivity contribution in [3.05, 3.63) is 53.2 Å². The molecule has 1 aromatic heterocycles. The third-order valence-corrected chi connectivity index (χ3v) is 7.06. The Kier molecular flexibility index (Phi) is 6.78. The summed E-state index contributed by atoms with van der Waals surface area (Å²) in [5.74, 6) is -0.0350. The topological polar surface area (TPSA) is 45.2 Å². The number of carbonyl (C=O) groups is 1. The molecule has 0 saturated heterocycles. The van der Waals surface area contributed by atoms with Crippen molar-refractivity contribution in [3.8, 4) is 0 Å². The van der Waals surface area contributed by atoms with E-state index in [4.69, 9.17) is 0 Å². The zero-order valence-electron chi connectivity index (χ0n) is 17.4. The lowest BCUT2D eigenvalue weighted by molar-refractivity contribution is 0.0797. The van der Waals surface area contributed by atoms with Gasteiger partial charge in [-0.05, 0) is 64.5 Å². The van der Waals surface area contributed by atoms with Crippen LogP contribution in [0.1, 0.15) is 53.6 Å². The van der Waals surface area contributed by atoms with Crippen molar-refractivity contribution in [2.75, 3.05) is 20.6 Å². The Morgan fingerprint density at radius 2 is 1.93 bits per heavy atom. The van der Waals surface area contributed by atoms with Crippen LogP contribution in [0.4, 0.5) is 0 Å². The van der Waals surface area contributed by atoms with E-state index in [9.17, 15) is 4.79 Å². The van der Waals surface area contributed by atoms with Gasteiger partial charge in [0.25, 0.3) is 5.91 Å². The second-order valence-electron chi connectivity index (χ2n) is 8.09. The summed E-state index contributed by atoms with van der Waals surface area (Å²) in [7, 11) is 4.26. The van der Waals surface area contributed by atoms with Crippen LogP contribution in [0.2, 0.25) is 0 Å². The SMILES string of the molecule is Cc1ccc(Sc2ncccc2C(=O)NCC2(N(C)C)CCCCC2)c(C)c1. The molecule has 1 aromatic carbocycles. The quantitative estimate of drug-likeness (QED) is 0.757. The molecule has 5 heteroatoms. The summed E-state index contributed by atoms with van der Waals surface area (Å²) in [4.78, 5) is 20.9. The van der Waals surface area contributed by atoms with Gasteiger partial charge in [-0.3, -0.25) is 4.79 Å². The molecule has 4 nitrogen and oxygen atoms in total. The van der Waals surface area contributed by atoms with Crippen LogP contribution >= 0.6 is 11.8 Å². The van der Waals surface area contributed by atoms with Gasteiger partial charge in [-0.1, -0.05) is 48.7 Å². The molecule has 1 aliphatic carbocycles. The standard InChI is InChI=1S/C23H31N3OS/c1-17-10-11-20(18(2)15-17)28-22-19(9-8-14-24-22)21(27)25-16-23(26(3)4)12-6-5-7-13-23/h8-11,14-15H,5-7,12-13,16H2,1-4H3,(H,25,27). The summed E-state index contributed by atoms with van der Waals surface area (Å²) in [6.45, 7) is 4.87. The Hall–Kier alpha value is -1.85. The lowest BCUT2D eigenvalue weighted by Crippen LogP contribution is -2.53. The highest BCUT2D eigenvalue weighted by molar-refractivity contribution is 7.99. The number of aryl methyl sites for hydroxylation is 2. The third kappa shape index (κ3) is 4.76. The summed E-state index contributed by atoms with van der Waals surface area (Å²) in [6, 6.07) is 10.1. The minimum atomic E-state index is -0.0350. The van der Waals surface area contributed by atoms with E-state index in [0.29, 0.717) is 12.1 Å². The summed E-state index contributed by atoms with van der Waals surface area (Å²) in [5.41, 5.74) is 3.16. The zero-order chi connectivity index (χ0) is 20.1. The first-order valence-electron chi connectivity index (χ1n) is 10.1. The molecule has 0 unspecified atom stereocenters. The molecule has 1 aliphatic rings. The average Bonchev–Trinajstić information content (AvgIpc) is 2.69. The van der Waals surface area contributed by atoms with Gasteiger partial charge < -0.3 is 10.2 Å². The largest absolute Gasteiger partial charge is 0.350 e. The summed E-state index contributed by atoms with van der Waals surface area (Å²) in [6.07, 6.45) is 7.78. The van der Waals surface area contributed by atoms with Crippen LogP contribution in [0.3, 0.4) is 0 Å². The molecule has 1 amide bonds. The molecule has 1 heterocycles. The number of aromatic nitrogens is 1. The van der Waals surface area contributed by atoms with Crippen LogP contribution in [-0.2, 0) is 0 Å². The summed E-state index contributed by atoms with van der Waals surface area (Å²) < 4.78 is 0. The number of likely N-dealkylation sites (N-methyl/N-ethyl adjacent to an activating group) is 1. The van der Waals surface area contributed by atoms with Crippen LogP contribution in [0.5, 0.6) is 0 Å². The number of carbonyl (C=O) groups excluding carboxylic acids is 1. The summed E-state index contributed by atoms with van der Waals surface area (Å²) >= 11 is 1.56. The predicted octanol–water partition coefficient (Wildman–Crippen LogP) is 4.84. The average molecular weight is 398 g/mol. The van der Waals surface area contributed by atoms with Gasteiger partial charge in [-0.25, -0.2) is 4.98 Å². The molecule has 2 aromatic rings. The smallest absolute Gasteiger partial charge is 0.254 e. The maximum atomic E-state index is 13.0. The molecule has 0 spiro atoms. The number of rotatable bonds is 6. The molecular weight excluding hydrogens is 366 g/mol. The number of hydrogen-bond donors (Lipinski definition) is 1. The van der Waals surface area contributed by atoms with Crippen molar-refractivity contribution in [2.24, 2.45) is 0 Å². The van der Waals surface area contributed by atoms with Crippen LogP contribution in [0.15, 0.2) is 46.5 Å². The Labute approximate surface area is 173 Å². The van der Waals surface area contributed by atoms with E-state index in [0.717, 1.165) is 22.8 Å². The van der Waals surface area contributed by atoms with E-state index >= 15 is 0 Å². The molecule has 28 heavy (non-hydrogen) atoms. The van der Waals surface area contributed by atoms with Crippen molar-refractivity contribution >= 4 is 17.7 Å². The fourth-order valence-electron chi connectivity index (χ4n) is 3.99. The Morgan fingerprint density at radius 1 is 1.18 bits per heavy atom. The van der Waals surface area contributed by atoms with Gasteiger partial charge in [-0.15, -0.1) is 0 Å². The number of nitrogens with one attached hydrogen (secondary N) is 1. The number of nitrogens with zero attached hydrogens (tertiary/aromatic N) is 2. The van der Waals surface area contributed by atoms with Crippen molar-refractivity contribution in [1.82, 2.24) is 15.2 Å². The fraction of sp³-hybridized carbons (Fsp3) is 0.478. The van der Waals surface area contributed by atoms with E-state index in [2.05, 4.69) is 61.3 Å². The van der Waals surface area contributed by atoms with E-state index in [-0.39, 0.29) is 11.4 Å². The first-order valence-corrected chi connectivity index (χ1v) is 10.9. The monoisotopic (exact) mass is 397 g/mol. The van der Waals surface area contributed by atoms with Gasteiger partial charge >= 0.3 is 0 Å². The molecule has 0 aliphatic heterocycles. The highest BCUT2D eigenvalue weighted by Crippen LogP contribution is 2.33. The number of amides is 1. The Morgan fingerprint density at radius 3 is 2.61 bits per heavy atom. The molecular formula is C23H31N3OS. The van der Waals surface area contributed by atoms with Crippen LogP contribution < -0.4 is 5.32 Å². The van der Waals surface area contributed by atoms with Gasteiger partial charge in [0.2, 0.25) is 0 Å². The molecule has 1 N–H and O–H groups in total. The van der Waals surface area contributed by atoms with Crippen molar-refractivity contribution in [2.45, 2.75) is 61.4 Å². The summed E-state index contributed by atoms with van der Waals surface area (Å²) in [5, 5.41) is 3.97. The Bertz CT molecular complexity index is 828. The maximum absolute atomic E-state index is 13.0. The zero-order valence-corrected chi connectivity index (χ0v) is 18.2. The second kappa shape index (κ2) is 9.10. The van der Waals surface area contributed by atoms with Gasteiger partial charge in [-0.2, -0.15) is 0 Å². The number of benzene rings is 1. The van der Waals surface area contributed by atoms with E-state index in [1.54, 1.807) is 18.0 Å². The van der Waals surface area contributed by atoms with Gasteiger partial charge in [0, 0.05) is 23.2 Å². The van der Waals surface area contributed by atoms with Gasteiger partial charge in [0.1, 0.15) is 5.03 Å². The van der Waals surface area contributed by atoms with Crippen molar-refractivity contribution in [3.63, 3.8) is 0 Å². The number of hydrogen-bond acceptors (Lipinski definition) is 4. The van der Waals surface area contributed by atoms with Gasteiger partial charge in [0.05, 0.1) is 5.56 Å². The molecule has 150 valence electrons. The molecule has 0 bridgehead atoms. The normalized spacial score (nSPS) is 16.2. The Balaban J connectivity index is 1.75. The maximum Gasteiger partial charge on any atom is 0.254 e. The highest BCUT2D eigenvalue weighted by Gasteiger charge is 2.34.